The van der Waals surface area contributed by atoms with E-state index < -0.39 is 23.8 Å². The Balaban J connectivity index is 1.63. The van der Waals surface area contributed by atoms with E-state index in [9.17, 15) is 18.0 Å². The van der Waals surface area contributed by atoms with Crippen LogP contribution in [-0.2, 0) is 11.0 Å². The average Bonchev–Trinajstić information content (AvgIpc) is 3.16. The molecule has 1 atom stereocenters. The number of tetrazole rings is 1. The van der Waals surface area contributed by atoms with Gasteiger partial charge in [-0.1, -0.05) is 6.07 Å². The number of carbonyl (C=O) groups excluding carboxylic acids is 1. The number of carbonyl (C=O) groups is 1. The molecule has 1 aromatic heterocycles. The number of nitrogens with zero attached hydrogens (tertiary/aromatic N) is 4. The van der Waals surface area contributed by atoms with Crippen molar-refractivity contribution >= 4 is 11.6 Å². The first-order chi connectivity index (χ1) is 12.8. The first-order valence-electron chi connectivity index (χ1n) is 7.81. The molecule has 1 amide bonds. The van der Waals surface area contributed by atoms with E-state index in [1.54, 1.807) is 24.3 Å². The van der Waals surface area contributed by atoms with E-state index >= 15 is 0 Å². The van der Waals surface area contributed by atoms with Gasteiger partial charge < -0.3 is 10.1 Å². The minimum Gasteiger partial charge on any atom is -0.481 e. The van der Waals surface area contributed by atoms with Gasteiger partial charge in [0.1, 0.15) is 12.1 Å². The summed E-state index contributed by atoms with van der Waals surface area (Å²) in [6.45, 7) is 1.53. The van der Waals surface area contributed by atoms with Crippen LogP contribution in [0.1, 0.15) is 12.5 Å². The summed E-state index contributed by atoms with van der Waals surface area (Å²) in [6.07, 6.45) is -3.89. The Kier molecular flexibility index (Phi) is 5.06. The summed E-state index contributed by atoms with van der Waals surface area (Å²) < 4.78 is 44.7. The Labute approximate surface area is 151 Å². The van der Waals surface area contributed by atoms with Gasteiger partial charge in [0.25, 0.3) is 5.91 Å². The molecule has 1 N–H and O–H groups in total. The van der Waals surface area contributed by atoms with Gasteiger partial charge in [0, 0.05) is 11.8 Å². The molecule has 1 heterocycles. The smallest absolute Gasteiger partial charge is 0.416 e. The Morgan fingerprint density at radius 1 is 1.19 bits per heavy atom. The molecular weight excluding hydrogens is 363 g/mol. The zero-order valence-electron chi connectivity index (χ0n) is 14.0. The first-order valence-corrected chi connectivity index (χ1v) is 7.81. The van der Waals surface area contributed by atoms with E-state index in [2.05, 4.69) is 20.8 Å². The molecular formula is C17H14F3N5O2. The standard InChI is InChI=1S/C17H14F3N5O2/c1-11(16(26)22-13-7-5-12(6-8-13)17(18,19)20)27-15-4-2-3-14(9-15)25-10-21-23-24-25/h2-11H,1H3,(H,22,26)/t11-/m0/s1. The molecule has 27 heavy (non-hydrogen) atoms. The fraction of sp³-hybridized carbons (Fsp3) is 0.176. The first kappa shape index (κ1) is 18.4. The number of ether oxygens (including phenoxy) is 1. The third-order valence-electron chi connectivity index (χ3n) is 3.59. The summed E-state index contributed by atoms with van der Waals surface area (Å²) in [5.41, 5.74) is 0.1000. The topological polar surface area (TPSA) is 81.9 Å². The lowest BCUT2D eigenvalue weighted by molar-refractivity contribution is -0.137. The van der Waals surface area contributed by atoms with Crippen LogP contribution in [0.15, 0.2) is 54.9 Å². The van der Waals surface area contributed by atoms with Crippen LogP contribution < -0.4 is 10.1 Å². The van der Waals surface area contributed by atoms with Crippen LogP contribution in [0, 0.1) is 0 Å². The molecule has 7 nitrogen and oxygen atoms in total. The lowest BCUT2D eigenvalue weighted by atomic mass is 10.2. The summed E-state index contributed by atoms with van der Waals surface area (Å²) in [6, 6.07) is 11.0. The second kappa shape index (κ2) is 7.44. The molecule has 3 aromatic rings. The van der Waals surface area contributed by atoms with Gasteiger partial charge in [-0.3, -0.25) is 4.79 Å². The van der Waals surface area contributed by atoms with Crippen molar-refractivity contribution in [2.45, 2.75) is 19.2 Å². The van der Waals surface area contributed by atoms with Crippen LogP contribution >= 0.6 is 0 Å². The van der Waals surface area contributed by atoms with Crippen LogP contribution in [0.3, 0.4) is 0 Å². The maximum absolute atomic E-state index is 12.6. The number of hydrogen-bond donors (Lipinski definition) is 1. The highest BCUT2D eigenvalue weighted by Gasteiger charge is 2.30. The number of rotatable bonds is 5. The van der Waals surface area contributed by atoms with Crippen LogP contribution in [0.4, 0.5) is 18.9 Å². The van der Waals surface area contributed by atoms with Gasteiger partial charge in [-0.05, 0) is 53.7 Å². The fourth-order valence-corrected chi connectivity index (χ4v) is 2.22. The average molecular weight is 377 g/mol. The van der Waals surface area contributed by atoms with Gasteiger partial charge in [-0.2, -0.15) is 13.2 Å². The summed E-state index contributed by atoms with van der Waals surface area (Å²) in [5.74, 6) is -0.0827. The molecule has 0 aliphatic rings. The third-order valence-corrected chi connectivity index (χ3v) is 3.59. The van der Waals surface area contributed by atoms with Crippen molar-refractivity contribution in [2.24, 2.45) is 0 Å². The van der Waals surface area contributed by atoms with Gasteiger partial charge in [0.15, 0.2) is 6.10 Å². The number of hydrogen-bond acceptors (Lipinski definition) is 5. The number of nitrogens with one attached hydrogen (secondary N) is 1. The molecule has 0 unspecified atom stereocenters. The lowest BCUT2D eigenvalue weighted by Crippen LogP contribution is -2.30. The second-order valence-electron chi connectivity index (χ2n) is 5.58. The monoisotopic (exact) mass is 377 g/mol. The molecule has 0 aliphatic carbocycles. The highest BCUT2D eigenvalue weighted by atomic mass is 19.4. The fourth-order valence-electron chi connectivity index (χ4n) is 2.22. The summed E-state index contributed by atoms with van der Waals surface area (Å²) in [7, 11) is 0. The SMILES string of the molecule is C[C@H](Oc1cccc(-n2cnnn2)c1)C(=O)Nc1ccc(C(F)(F)F)cc1. The normalized spacial score (nSPS) is 12.4. The zero-order valence-corrected chi connectivity index (χ0v) is 14.0. The van der Waals surface area contributed by atoms with Crippen molar-refractivity contribution in [2.75, 3.05) is 5.32 Å². The van der Waals surface area contributed by atoms with Gasteiger partial charge >= 0.3 is 6.18 Å². The molecule has 10 heteroatoms. The third kappa shape index (κ3) is 4.60. The van der Waals surface area contributed by atoms with Crippen LogP contribution in [0.25, 0.3) is 5.69 Å². The van der Waals surface area contributed by atoms with Crippen molar-refractivity contribution in [1.29, 1.82) is 0 Å². The van der Waals surface area contributed by atoms with Crippen LogP contribution in [-0.4, -0.2) is 32.2 Å². The predicted molar refractivity (Wildman–Crippen MR) is 89.3 cm³/mol. The molecule has 0 saturated carbocycles. The van der Waals surface area contributed by atoms with Crippen molar-refractivity contribution < 1.29 is 22.7 Å². The Morgan fingerprint density at radius 3 is 2.56 bits per heavy atom. The van der Waals surface area contributed by atoms with E-state index in [0.717, 1.165) is 12.1 Å². The van der Waals surface area contributed by atoms with Crippen LogP contribution in [0.2, 0.25) is 0 Å². The van der Waals surface area contributed by atoms with E-state index in [-0.39, 0.29) is 5.69 Å². The Hall–Kier alpha value is -3.43. The maximum atomic E-state index is 12.6. The van der Waals surface area contributed by atoms with Gasteiger partial charge in [0.2, 0.25) is 0 Å². The molecule has 0 aliphatic heterocycles. The largest absolute Gasteiger partial charge is 0.481 e. The van der Waals surface area contributed by atoms with E-state index in [1.165, 1.54) is 30.1 Å². The van der Waals surface area contributed by atoms with E-state index in [1.807, 2.05) is 0 Å². The number of amides is 1. The molecule has 0 fully saturated rings. The summed E-state index contributed by atoms with van der Waals surface area (Å²) in [4.78, 5) is 12.2. The number of halogens is 3. The summed E-state index contributed by atoms with van der Waals surface area (Å²) >= 11 is 0. The molecule has 2 aromatic carbocycles. The number of aromatic nitrogens is 4. The maximum Gasteiger partial charge on any atom is 0.416 e. The predicted octanol–water partition coefficient (Wildman–Crippen LogP) is 3.09. The van der Waals surface area contributed by atoms with E-state index in [4.69, 9.17) is 4.74 Å². The number of alkyl halides is 3. The minimum absolute atomic E-state index is 0.242. The van der Waals surface area contributed by atoms with Crippen molar-refractivity contribution in [3.8, 4) is 11.4 Å². The highest BCUT2D eigenvalue weighted by molar-refractivity contribution is 5.94. The Bertz CT molecular complexity index is 911. The summed E-state index contributed by atoms with van der Waals surface area (Å²) in [5, 5.41) is 13.4. The molecule has 0 saturated heterocycles. The van der Waals surface area contributed by atoms with Gasteiger partial charge in [0.05, 0.1) is 11.3 Å². The second-order valence-corrected chi connectivity index (χ2v) is 5.58. The Morgan fingerprint density at radius 2 is 1.93 bits per heavy atom. The van der Waals surface area contributed by atoms with Gasteiger partial charge in [-0.25, -0.2) is 4.68 Å². The van der Waals surface area contributed by atoms with E-state index in [0.29, 0.717) is 11.4 Å². The molecule has 140 valence electrons. The zero-order chi connectivity index (χ0) is 19.4. The van der Waals surface area contributed by atoms with Gasteiger partial charge in [-0.15, -0.1) is 5.10 Å². The molecule has 3 rings (SSSR count). The highest BCUT2D eigenvalue weighted by Crippen LogP contribution is 2.29. The number of anilines is 1. The minimum atomic E-state index is -4.43. The lowest BCUT2D eigenvalue weighted by Gasteiger charge is -2.15. The van der Waals surface area contributed by atoms with Crippen molar-refractivity contribution in [3.63, 3.8) is 0 Å². The quantitative estimate of drug-likeness (QED) is 0.739. The molecule has 0 bridgehead atoms. The van der Waals surface area contributed by atoms with Crippen LogP contribution in [0.5, 0.6) is 5.75 Å². The van der Waals surface area contributed by atoms with Crippen molar-refractivity contribution in [3.05, 3.63) is 60.4 Å². The molecule has 0 radical (unpaired) electrons. The molecule has 0 spiro atoms. The van der Waals surface area contributed by atoms with Crippen molar-refractivity contribution in [1.82, 2.24) is 20.2 Å². The number of benzene rings is 2.